The molecule has 0 bridgehead atoms. The van der Waals surface area contributed by atoms with Gasteiger partial charge in [-0.25, -0.2) is 0 Å². The second-order valence-corrected chi connectivity index (χ2v) is 34.5. The van der Waals surface area contributed by atoms with Crippen molar-refractivity contribution in [1.82, 2.24) is 0 Å². The van der Waals surface area contributed by atoms with Gasteiger partial charge in [0.15, 0.2) is 0 Å². The molecule has 0 rings (SSSR count). The highest BCUT2D eigenvalue weighted by Gasteiger charge is 2.14. The van der Waals surface area contributed by atoms with E-state index in [1.54, 1.807) is 66.8 Å². The molecule has 0 aliphatic heterocycles. The van der Waals surface area contributed by atoms with Crippen molar-refractivity contribution in [3.05, 3.63) is 194 Å². The lowest BCUT2D eigenvalue weighted by molar-refractivity contribution is 0.143. The lowest BCUT2D eigenvalue weighted by Gasteiger charge is -2.11. The molecule has 14 unspecified atom stereocenters. The Bertz CT molecular complexity index is 2770. The first kappa shape index (κ1) is 140. The molecule has 132 heavy (non-hydrogen) atoms. The summed E-state index contributed by atoms with van der Waals surface area (Å²) in [5, 5.41) is 127. The zero-order valence-electron chi connectivity index (χ0n) is 85.1. The van der Waals surface area contributed by atoms with Crippen LogP contribution in [0.4, 0.5) is 0 Å². The molecule has 0 saturated heterocycles. The maximum Gasteiger partial charge on any atom is 0.0897 e. The van der Waals surface area contributed by atoms with E-state index in [9.17, 15) is 35.7 Å². The van der Waals surface area contributed by atoms with Gasteiger partial charge < -0.3 is 112 Å². The molecule has 0 radical (unpaired) electrons. The van der Waals surface area contributed by atoms with Gasteiger partial charge in [0.25, 0.3) is 0 Å². The normalized spacial score (nSPS) is 15.6. The van der Waals surface area contributed by atoms with E-state index in [4.69, 9.17) is 75.9 Å². The van der Waals surface area contributed by atoms with Crippen LogP contribution >= 0.6 is 0 Å². The predicted molar refractivity (Wildman–Crippen MR) is 569 cm³/mol. The van der Waals surface area contributed by atoms with E-state index in [1.807, 2.05) is 66.8 Å². The summed E-state index contributed by atoms with van der Waals surface area (Å²) >= 11 is 0. The fourth-order valence-electron chi connectivity index (χ4n) is 12.1. The van der Waals surface area contributed by atoms with Crippen LogP contribution < -0.4 is 40.1 Å². The quantitative estimate of drug-likeness (QED) is 0.0153. The average Bonchev–Trinajstić information content (AvgIpc) is 1.02. The maximum atomic E-state index is 9.51. The van der Waals surface area contributed by atoms with E-state index in [0.29, 0.717) is 0 Å². The summed E-state index contributed by atoms with van der Waals surface area (Å²) in [6.45, 7) is 16.3. The SMILES string of the molecule is CCCCC/C(C)=C/CC/C=C/C(O)C(N)CO.CCCCC/C=C/C=C/C=C/C(O)C(N)CO.CCCCC/C=C/CC/C=C/C(O)C(N)CO.CCCCCCC/C=C/C=C/C(O)C(N)CO.CCCCCCCCC/C=C/C=C/C=C/C(O)C(N)CO.CCCCCCCCC/C=C/CC/C=C/C(O)C(N)CO.CCCCCCCCCCC/C=C/C=C/C(O)C(N)CO. The highest BCUT2D eigenvalue weighted by molar-refractivity contribution is 5.15. The van der Waals surface area contributed by atoms with Gasteiger partial charge in [0, 0.05) is 0 Å². The molecular weight excluding hydrogens is 1660 g/mol. The molecule has 14 atom stereocenters. The third-order valence-electron chi connectivity index (χ3n) is 21.4. The van der Waals surface area contributed by atoms with Gasteiger partial charge in [-0.3, -0.25) is 0 Å². The van der Waals surface area contributed by atoms with Crippen molar-refractivity contribution in [3.8, 4) is 0 Å². The smallest absolute Gasteiger partial charge is 0.0897 e. The number of rotatable bonds is 80. The monoisotopic (exact) mass is 1870 g/mol. The van der Waals surface area contributed by atoms with Crippen LogP contribution in [0.25, 0.3) is 0 Å². The Kier molecular flexibility index (Phi) is 127. The second-order valence-electron chi connectivity index (χ2n) is 34.5. The minimum atomic E-state index is -0.795. The Morgan fingerprint density at radius 2 is 0.348 bits per heavy atom. The molecular formula is C111H211N7O14. The van der Waals surface area contributed by atoms with E-state index in [2.05, 4.69) is 110 Å². The average molecular weight is 1870 g/mol. The fraction of sp³-hybridized carbons (Fsp3) is 0.712. The van der Waals surface area contributed by atoms with Crippen LogP contribution in [-0.2, 0) is 0 Å². The van der Waals surface area contributed by atoms with E-state index >= 15 is 0 Å². The summed E-state index contributed by atoms with van der Waals surface area (Å²) in [6, 6.07) is -4.12. The molecule has 0 aromatic heterocycles. The van der Waals surface area contributed by atoms with Gasteiger partial charge in [-0.1, -0.05) is 435 Å². The number of nitrogens with two attached hydrogens (primary N) is 7. The first-order valence-electron chi connectivity index (χ1n) is 51.9. The molecule has 774 valence electrons. The zero-order valence-corrected chi connectivity index (χ0v) is 85.1. The second kappa shape index (κ2) is 120. The van der Waals surface area contributed by atoms with Crippen LogP contribution in [0.3, 0.4) is 0 Å². The van der Waals surface area contributed by atoms with Crippen molar-refractivity contribution in [3.63, 3.8) is 0 Å². The molecule has 21 heteroatoms. The molecule has 0 aromatic carbocycles. The van der Waals surface area contributed by atoms with Crippen molar-refractivity contribution in [1.29, 1.82) is 0 Å². The van der Waals surface area contributed by atoms with Gasteiger partial charge >= 0.3 is 0 Å². The van der Waals surface area contributed by atoms with Crippen LogP contribution in [0.2, 0.25) is 0 Å². The predicted octanol–water partition coefficient (Wildman–Crippen LogP) is 19.6. The minimum Gasteiger partial charge on any atom is -0.395 e. The molecule has 0 aliphatic rings. The number of hydrogen-bond donors (Lipinski definition) is 21. The summed E-state index contributed by atoms with van der Waals surface area (Å²) in [5.74, 6) is 0. The first-order valence-corrected chi connectivity index (χ1v) is 51.9. The Morgan fingerprint density at radius 3 is 0.598 bits per heavy atom. The first-order chi connectivity index (χ1) is 63.9. The van der Waals surface area contributed by atoms with E-state index in [-0.39, 0.29) is 46.2 Å². The van der Waals surface area contributed by atoms with Gasteiger partial charge in [0.05, 0.1) is 131 Å². The Balaban J connectivity index is -0.000000277. The molecule has 0 saturated carbocycles. The van der Waals surface area contributed by atoms with Crippen molar-refractivity contribution in [2.24, 2.45) is 40.1 Å². The topological polar surface area (TPSA) is 465 Å². The molecule has 21 nitrogen and oxygen atoms in total. The van der Waals surface area contributed by atoms with Gasteiger partial charge in [-0.15, -0.1) is 0 Å². The summed E-state index contributed by atoms with van der Waals surface area (Å²) in [7, 11) is 0. The zero-order chi connectivity index (χ0) is 99.9. The Labute approximate surface area is 808 Å². The molecule has 0 aliphatic carbocycles. The largest absolute Gasteiger partial charge is 0.395 e. The molecule has 0 spiro atoms. The molecule has 0 amide bonds. The third kappa shape index (κ3) is 117. The van der Waals surface area contributed by atoms with E-state index < -0.39 is 85.0 Å². The molecule has 28 N–H and O–H groups in total. The maximum absolute atomic E-state index is 9.51. The van der Waals surface area contributed by atoms with Crippen LogP contribution in [0.5, 0.6) is 0 Å². The van der Waals surface area contributed by atoms with Crippen molar-refractivity contribution in [2.45, 2.75) is 461 Å². The van der Waals surface area contributed by atoms with Gasteiger partial charge in [-0.2, -0.15) is 0 Å². The van der Waals surface area contributed by atoms with Crippen LogP contribution in [-0.4, -0.2) is 203 Å². The van der Waals surface area contributed by atoms with Crippen molar-refractivity contribution < 1.29 is 71.5 Å². The molecule has 0 aromatic rings. The molecule has 0 fully saturated rings. The van der Waals surface area contributed by atoms with Gasteiger partial charge in [0.1, 0.15) is 0 Å². The minimum absolute atomic E-state index is 0.191. The Morgan fingerprint density at radius 1 is 0.182 bits per heavy atom. The third-order valence-corrected chi connectivity index (χ3v) is 21.4. The fourth-order valence-corrected chi connectivity index (χ4v) is 12.1. The summed E-state index contributed by atoms with van der Waals surface area (Å²) in [6.07, 6.45) is 116. The van der Waals surface area contributed by atoms with Crippen molar-refractivity contribution >= 4 is 0 Å². The van der Waals surface area contributed by atoms with E-state index in [1.165, 1.54) is 256 Å². The number of hydrogen-bond acceptors (Lipinski definition) is 21. The van der Waals surface area contributed by atoms with Crippen LogP contribution in [0, 0.1) is 0 Å². The Hall–Kier alpha value is -5.00. The summed E-state index contributed by atoms with van der Waals surface area (Å²) in [5.41, 5.74) is 39.7. The number of unbranched alkanes of at least 4 members (excludes halogenated alkanes) is 39. The van der Waals surface area contributed by atoms with Crippen LogP contribution in [0.15, 0.2) is 194 Å². The van der Waals surface area contributed by atoms with E-state index in [0.717, 1.165) is 70.6 Å². The lowest BCUT2D eigenvalue weighted by atomic mass is 10.1. The standard InChI is InChI=1S/2C18H35NO2.C18H33NO2.C15H29NO2.2C14H27NO2.C14H25NO2/c3*1-2-3-4-5-6-7-8-9-10-11-12-13-14-15-18(21)17(19)16-20;1-3-4-6-9-13(2)10-7-5-8-11-15(18)14(16)12-17;3*1-2-3-4-5-6-7-8-9-10-11-14(17)13(15)12-16/h12-15,17-18,20-21H,2-11,16,19H2,1H3;10-11,14-15,17-18,20-21H,2-9,12-13,16,19H2,1H3;10-15,17-18,20-21H,2-9,16,19H2,1H3;8,10-11,14-15,17-18H,3-7,9,12,16H2,1-2H3;8-11,13-14,16-17H,2-7,12,15H2,1H3;6-7,10-11,13-14,16-17H,2-5,8-9,12,15H2,1H3;6-11,13-14,16-17H,2-5,12,15H2,1H3/b13-12+,15-14+;11-10+,15-14+;11-10+,13-12+,15-14+;11-8+,13-10+;9-8+,11-10+;7-6+,11-10+;7-6+,9-8+,11-10+. The summed E-state index contributed by atoms with van der Waals surface area (Å²) < 4.78 is 0. The van der Waals surface area contributed by atoms with Gasteiger partial charge in [-0.05, 0) is 135 Å². The number of aliphatic hydroxyl groups excluding tert-OH is 14. The number of allylic oxidation sites excluding steroid dienone is 25. The highest BCUT2D eigenvalue weighted by atomic mass is 16.3. The van der Waals surface area contributed by atoms with Crippen molar-refractivity contribution in [2.75, 3.05) is 46.2 Å². The van der Waals surface area contributed by atoms with Gasteiger partial charge in [0.2, 0.25) is 0 Å². The van der Waals surface area contributed by atoms with Crippen LogP contribution in [0.1, 0.15) is 376 Å². The summed E-state index contributed by atoms with van der Waals surface area (Å²) in [4.78, 5) is 0. The number of aliphatic hydroxyl groups is 14. The molecule has 0 heterocycles. The lowest BCUT2D eigenvalue weighted by Crippen LogP contribution is -2.36. The highest BCUT2D eigenvalue weighted by Crippen LogP contribution is 2.16.